The van der Waals surface area contributed by atoms with Crippen LogP contribution in [-0.2, 0) is 11.8 Å². The average Bonchev–Trinajstić information content (AvgIpc) is 2.88. The van der Waals surface area contributed by atoms with Gasteiger partial charge in [0.2, 0.25) is 5.91 Å². The molecular formula is C9H14N4O. The van der Waals surface area contributed by atoms with Gasteiger partial charge in [-0.05, 0) is 18.8 Å². The van der Waals surface area contributed by atoms with Crippen LogP contribution in [0.25, 0.3) is 0 Å². The van der Waals surface area contributed by atoms with Crippen molar-refractivity contribution in [2.24, 2.45) is 13.0 Å². The number of rotatable bonds is 3. The van der Waals surface area contributed by atoms with Gasteiger partial charge in [-0.25, -0.2) is 0 Å². The van der Waals surface area contributed by atoms with Crippen LogP contribution >= 0.6 is 0 Å². The van der Waals surface area contributed by atoms with Crippen LogP contribution in [0.15, 0.2) is 6.20 Å². The molecule has 1 heterocycles. The summed E-state index contributed by atoms with van der Waals surface area (Å²) in [7, 11) is 1.75. The Morgan fingerprint density at radius 1 is 1.79 bits per heavy atom. The Morgan fingerprint density at radius 3 is 3.00 bits per heavy atom. The van der Waals surface area contributed by atoms with E-state index in [0.29, 0.717) is 23.8 Å². The van der Waals surface area contributed by atoms with Gasteiger partial charge in [0.05, 0.1) is 11.9 Å². The molecule has 5 heteroatoms. The molecule has 0 spiro atoms. The number of nitrogens with zero attached hydrogens (tertiary/aromatic N) is 2. The molecule has 1 aliphatic rings. The molecule has 1 saturated carbocycles. The van der Waals surface area contributed by atoms with E-state index in [2.05, 4.69) is 10.4 Å². The number of carbonyl (C=O) groups excluding carboxylic acids is 1. The number of nitrogen functional groups attached to an aromatic ring is 1. The van der Waals surface area contributed by atoms with Crippen molar-refractivity contribution < 1.29 is 4.79 Å². The third kappa shape index (κ3) is 1.86. The number of hydrogen-bond acceptors (Lipinski definition) is 3. The second-order valence-corrected chi connectivity index (χ2v) is 3.77. The van der Waals surface area contributed by atoms with Crippen molar-refractivity contribution in [2.75, 3.05) is 11.1 Å². The van der Waals surface area contributed by atoms with Crippen LogP contribution < -0.4 is 11.1 Å². The number of aromatic nitrogens is 2. The quantitative estimate of drug-likeness (QED) is 0.745. The molecule has 1 amide bonds. The van der Waals surface area contributed by atoms with Crippen molar-refractivity contribution in [2.45, 2.75) is 19.3 Å². The van der Waals surface area contributed by atoms with E-state index in [-0.39, 0.29) is 5.91 Å². The lowest BCUT2D eigenvalue weighted by Crippen LogP contribution is -2.15. The molecule has 1 aromatic heterocycles. The molecule has 14 heavy (non-hydrogen) atoms. The zero-order chi connectivity index (χ0) is 10.1. The van der Waals surface area contributed by atoms with Gasteiger partial charge in [-0.2, -0.15) is 5.10 Å². The zero-order valence-corrected chi connectivity index (χ0v) is 8.16. The van der Waals surface area contributed by atoms with Crippen molar-refractivity contribution in [1.82, 2.24) is 9.78 Å². The summed E-state index contributed by atoms with van der Waals surface area (Å²) < 4.78 is 1.57. The normalized spacial score (nSPS) is 15.5. The summed E-state index contributed by atoms with van der Waals surface area (Å²) in [6, 6.07) is 0. The van der Waals surface area contributed by atoms with Crippen LogP contribution in [0.5, 0.6) is 0 Å². The highest BCUT2D eigenvalue weighted by atomic mass is 16.1. The summed E-state index contributed by atoms with van der Waals surface area (Å²) in [5, 5.41) is 6.71. The Balaban J connectivity index is 1.98. The van der Waals surface area contributed by atoms with E-state index in [9.17, 15) is 4.79 Å². The van der Waals surface area contributed by atoms with E-state index in [1.165, 1.54) is 19.0 Å². The molecular weight excluding hydrogens is 180 g/mol. The van der Waals surface area contributed by atoms with Crippen molar-refractivity contribution in [3.8, 4) is 0 Å². The van der Waals surface area contributed by atoms with Gasteiger partial charge in [-0.3, -0.25) is 9.48 Å². The number of carbonyl (C=O) groups is 1. The highest BCUT2D eigenvalue weighted by molar-refractivity contribution is 5.92. The van der Waals surface area contributed by atoms with Gasteiger partial charge in [0, 0.05) is 13.5 Å². The minimum absolute atomic E-state index is 0.0304. The molecule has 0 saturated heterocycles. The third-order valence-electron chi connectivity index (χ3n) is 2.40. The van der Waals surface area contributed by atoms with Crippen molar-refractivity contribution >= 4 is 17.4 Å². The van der Waals surface area contributed by atoms with Gasteiger partial charge in [0.1, 0.15) is 0 Å². The Morgan fingerprint density at radius 2 is 2.50 bits per heavy atom. The molecule has 76 valence electrons. The average molecular weight is 194 g/mol. The minimum Gasteiger partial charge on any atom is -0.394 e. The molecule has 2 rings (SSSR count). The lowest BCUT2D eigenvalue weighted by Gasteiger charge is -2.05. The maximum Gasteiger partial charge on any atom is 0.225 e. The maximum absolute atomic E-state index is 11.5. The molecule has 0 atom stereocenters. The first kappa shape index (κ1) is 9.05. The zero-order valence-electron chi connectivity index (χ0n) is 8.16. The Bertz CT molecular complexity index is 334. The lowest BCUT2D eigenvalue weighted by atomic mass is 10.3. The van der Waals surface area contributed by atoms with Gasteiger partial charge < -0.3 is 11.1 Å². The highest BCUT2D eigenvalue weighted by Crippen LogP contribution is 2.32. The molecule has 3 N–H and O–H groups in total. The predicted octanol–water partition coefficient (Wildman–Crippen LogP) is 0.741. The van der Waals surface area contributed by atoms with E-state index >= 15 is 0 Å². The third-order valence-corrected chi connectivity index (χ3v) is 2.40. The van der Waals surface area contributed by atoms with Crippen LogP contribution in [0.2, 0.25) is 0 Å². The topological polar surface area (TPSA) is 72.9 Å². The van der Waals surface area contributed by atoms with Crippen LogP contribution in [-0.4, -0.2) is 15.7 Å². The molecule has 0 bridgehead atoms. The molecule has 0 unspecified atom stereocenters. The van der Waals surface area contributed by atoms with E-state index in [0.717, 1.165) is 0 Å². The summed E-state index contributed by atoms with van der Waals surface area (Å²) >= 11 is 0. The van der Waals surface area contributed by atoms with Gasteiger partial charge in [0.25, 0.3) is 0 Å². The second-order valence-electron chi connectivity index (χ2n) is 3.77. The molecule has 0 radical (unpaired) electrons. The molecule has 1 fully saturated rings. The van der Waals surface area contributed by atoms with Gasteiger partial charge in [0.15, 0.2) is 5.82 Å². The maximum atomic E-state index is 11.5. The summed E-state index contributed by atoms with van der Waals surface area (Å²) in [4.78, 5) is 11.5. The van der Waals surface area contributed by atoms with Gasteiger partial charge >= 0.3 is 0 Å². The number of nitrogens with two attached hydrogens (primary N) is 1. The number of hydrogen-bond donors (Lipinski definition) is 2. The fraction of sp³-hybridized carbons (Fsp3) is 0.556. The first-order valence-electron chi connectivity index (χ1n) is 4.74. The number of amides is 1. The predicted molar refractivity (Wildman–Crippen MR) is 53.6 cm³/mol. The SMILES string of the molecule is Cn1ncc(N)c1NC(=O)CC1CC1. The largest absolute Gasteiger partial charge is 0.394 e. The fourth-order valence-electron chi connectivity index (χ4n) is 1.37. The Hall–Kier alpha value is -1.52. The second kappa shape index (κ2) is 3.32. The smallest absolute Gasteiger partial charge is 0.225 e. The summed E-state index contributed by atoms with van der Waals surface area (Å²) in [5.41, 5.74) is 6.15. The van der Waals surface area contributed by atoms with Crippen LogP contribution in [0.1, 0.15) is 19.3 Å². The van der Waals surface area contributed by atoms with E-state index in [4.69, 9.17) is 5.73 Å². The van der Waals surface area contributed by atoms with Gasteiger partial charge in [-0.15, -0.1) is 0 Å². The van der Waals surface area contributed by atoms with Crippen molar-refractivity contribution in [3.63, 3.8) is 0 Å². The number of nitrogens with one attached hydrogen (secondary N) is 1. The number of anilines is 2. The minimum atomic E-state index is 0.0304. The standard InChI is InChI=1S/C9H14N4O/c1-13-9(7(10)5-11-13)12-8(14)4-6-2-3-6/h5-6H,2-4,10H2,1H3,(H,12,14). The fourth-order valence-corrected chi connectivity index (χ4v) is 1.37. The first-order valence-corrected chi connectivity index (χ1v) is 4.74. The van der Waals surface area contributed by atoms with Crippen LogP contribution in [0.4, 0.5) is 11.5 Å². The summed E-state index contributed by atoms with van der Waals surface area (Å²) in [6.07, 6.45) is 4.49. The Kier molecular flexibility index (Phi) is 2.15. The summed E-state index contributed by atoms with van der Waals surface area (Å²) in [6.45, 7) is 0. The van der Waals surface area contributed by atoms with E-state index in [1.807, 2.05) is 0 Å². The Labute approximate surface area is 82.3 Å². The molecule has 1 aliphatic carbocycles. The molecule has 0 aliphatic heterocycles. The van der Waals surface area contributed by atoms with Crippen LogP contribution in [0, 0.1) is 5.92 Å². The summed E-state index contributed by atoms with van der Waals surface area (Å²) in [5.74, 6) is 1.21. The molecule has 5 nitrogen and oxygen atoms in total. The lowest BCUT2D eigenvalue weighted by molar-refractivity contribution is -0.116. The first-order chi connectivity index (χ1) is 6.66. The van der Waals surface area contributed by atoms with Crippen LogP contribution in [0.3, 0.4) is 0 Å². The monoisotopic (exact) mass is 194 g/mol. The van der Waals surface area contributed by atoms with E-state index < -0.39 is 0 Å². The van der Waals surface area contributed by atoms with Crippen molar-refractivity contribution in [1.29, 1.82) is 0 Å². The highest BCUT2D eigenvalue weighted by Gasteiger charge is 2.24. The molecule has 1 aromatic rings. The van der Waals surface area contributed by atoms with E-state index in [1.54, 1.807) is 11.7 Å². The molecule has 0 aromatic carbocycles. The van der Waals surface area contributed by atoms with Gasteiger partial charge in [-0.1, -0.05) is 0 Å². The van der Waals surface area contributed by atoms with Crippen molar-refractivity contribution in [3.05, 3.63) is 6.20 Å². The number of aryl methyl sites for hydroxylation is 1.